The zero-order valence-corrected chi connectivity index (χ0v) is 16.8. The molecule has 7 heteroatoms. The highest BCUT2D eigenvalue weighted by Gasteiger charge is 2.36. The van der Waals surface area contributed by atoms with Gasteiger partial charge in [0.15, 0.2) is 0 Å². The number of aliphatic carboxylic acids is 1. The lowest BCUT2D eigenvalue weighted by Crippen LogP contribution is -2.32. The summed E-state index contributed by atoms with van der Waals surface area (Å²) in [6.07, 6.45) is 3.08. The second-order valence-electron chi connectivity index (χ2n) is 8.23. The van der Waals surface area contributed by atoms with Crippen molar-refractivity contribution in [3.63, 3.8) is 0 Å². The lowest BCUT2D eigenvalue weighted by molar-refractivity contribution is -0.159. The van der Waals surface area contributed by atoms with Crippen LogP contribution in [0.1, 0.15) is 66.2 Å². The highest BCUT2D eigenvalue weighted by atomic mass is 16.6. The van der Waals surface area contributed by atoms with E-state index in [2.05, 4.69) is 0 Å². The molecule has 0 radical (unpaired) electrons. The quantitative estimate of drug-likeness (QED) is 0.587. The van der Waals surface area contributed by atoms with Crippen LogP contribution in [0, 0.1) is 11.8 Å². The fourth-order valence-corrected chi connectivity index (χ4v) is 3.96. The van der Waals surface area contributed by atoms with Crippen molar-refractivity contribution in [3.8, 4) is 0 Å². The third-order valence-corrected chi connectivity index (χ3v) is 5.67. The van der Waals surface area contributed by atoms with Crippen molar-refractivity contribution in [1.82, 2.24) is 0 Å². The van der Waals surface area contributed by atoms with E-state index in [0.717, 1.165) is 25.7 Å². The van der Waals surface area contributed by atoms with E-state index in [4.69, 9.17) is 19.3 Å². The molecule has 2 rings (SSSR count). The summed E-state index contributed by atoms with van der Waals surface area (Å²) in [5.41, 5.74) is 0. The van der Waals surface area contributed by atoms with Crippen LogP contribution in [0.2, 0.25) is 0 Å². The molecule has 8 atom stereocenters. The molecule has 2 aliphatic heterocycles. The predicted molar refractivity (Wildman–Crippen MR) is 98.2 cm³/mol. The summed E-state index contributed by atoms with van der Waals surface area (Å²) in [6.45, 7) is 7.06. The molecule has 2 N–H and O–H groups in total. The van der Waals surface area contributed by atoms with Gasteiger partial charge in [0.2, 0.25) is 0 Å². The van der Waals surface area contributed by atoms with Gasteiger partial charge in [-0.2, -0.15) is 0 Å². The fraction of sp³-hybridized carbons (Fsp3) is 0.900. The Labute approximate surface area is 161 Å². The average molecular weight is 386 g/mol. The third kappa shape index (κ3) is 6.43. The van der Waals surface area contributed by atoms with E-state index in [1.807, 2.05) is 13.8 Å². The van der Waals surface area contributed by atoms with E-state index in [9.17, 15) is 14.7 Å². The summed E-state index contributed by atoms with van der Waals surface area (Å²) < 4.78 is 17.3. The van der Waals surface area contributed by atoms with E-state index in [-0.39, 0.29) is 42.4 Å². The maximum Gasteiger partial charge on any atom is 0.311 e. The van der Waals surface area contributed by atoms with Crippen molar-refractivity contribution >= 4 is 11.9 Å². The molecule has 0 aliphatic carbocycles. The van der Waals surface area contributed by atoms with Crippen LogP contribution in [0.3, 0.4) is 0 Å². The number of esters is 1. The first kappa shape index (κ1) is 22.1. The summed E-state index contributed by atoms with van der Waals surface area (Å²) >= 11 is 0. The van der Waals surface area contributed by atoms with Crippen molar-refractivity contribution in [2.75, 3.05) is 0 Å². The van der Waals surface area contributed by atoms with Crippen LogP contribution in [0.4, 0.5) is 0 Å². The molecule has 0 aromatic carbocycles. The number of carbonyl (C=O) groups is 2. The van der Waals surface area contributed by atoms with E-state index >= 15 is 0 Å². The Kier molecular flexibility index (Phi) is 8.06. The molecule has 0 amide bonds. The summed E-state index contributed by atoms with van der Waals surface area (Å²) in [5, 5.41) is 18.6. The monoisotopic (exact) mass is 386 g/mol. The number of aliphatic hydroxyl groups is 1. The van der Waals surface area contributed by atoms with E-state index in [1.165, 1.54) is 0 Å². The summed E-state index contributed by atoms with van der Waals surface area (Å²) in [5.74, 6) is -2.00. The van der Waals surface area contributed by atoms with Gasteiger partial charge >= 0.3 is 11.9 Å². The topological polar surface area (TPSA) is 102 Å². The van der Waals surface area contributed by atoms with Gasteiger partial charge in [-0.05, 0) is 59.8 Å². The van der Waals surface area contributed by atoms with Crippen LogP contribution in [0.25, 0.3) is 0 Å². The van der Waals surface area contributed by atoms with Crippen molar-refractivity contribution in [3.05, 3.63) is 0 Å². The Morgan fingerprint density at radius 2 is 1.44 bits per heavy atom. The first-order chi connectivity index (χ1) is 12.7. The molecule has 2 heterocycles. The van der Waals surface area contributed by atoms with Crippen LogP contribution in [0.5, 0.6) is 0 Å². The zero-order valence-electron chi connectivity index (χ0n) is 16.8. The minimum absolute atomic E-state index is 0.00252. The van der Waals surface area contributed by atoms with Crippen LogP contribution in [0.15, 0.2) is 0 Å². The van der Waals surface area contributed by atoms with Crippen molar-refractivity contribution in [2.45, 2.75) is 103 Å². The standard InChI is InChI=1S/C20H34O7/c1-11(21)9-15-5-8-18(26-15)14(4)20(24)25-12(2)10-16-6-7-17(27-16)13(3)19(22)23/h11-18,21H,5-10H2,1-4H3,(H,22,23)/t11-,12+,13-,14-,15-,16-,17-,18+/m0/s1. The highest BCUT2D eigenvalue weighted by Crippen LogP contribution is 2.30. The van der Waals surface area contributed by atoms with E-state index in [1.54, 1.807) is 13.8 Å². The van der Waals surface area contributed by atoms with Gasteiger partial charge in [0.1, 0.15) is 6.10 Å². The second kappa shape index (κ2) is 9.85. The van der Waals surface area contributed by atoms with Crippen LogP contribution >= 0.6 is 0 Å². The molecular weight excluding hydrogens is 352 g/mol. The molecule has 2 aliphatic rings. The number of ether oxygens (including phenoxy) is 3. The molecule has 0 spiro atoms. The third-order valence-electron chi connectivity index (χ3n) is 5.67. The van der Waals surface area contributed by atoms with E-state index in [0.29, 0.717) is 12.8 Å². The number of rotatable bonds is 9. The molecule has 0 aromatic rings. The number of carbonyl (C=O) groups excluding carboxylic acids is 1. The van der Waals surface area contributed by atoms with Gasteiger partial charge in [0.05, 0.1) is 42.4 Å². The maximum atomic E-state index is 12.4. The number of aliphatic hydroxyl groups excluding tert-OH is 1. The van der Waals surface area contributed by atoms with E-state index < -0.39 is 18.0 Å². The van der Waals surface area contributed by atoms with Gasteiger partial charge in [-0.25, -0.2) is 0 Å². The average Bonchev–Trinajstić information content (AvgIpc) is 3.22. The molecule has 0 aromatic heterocycles. The summed E-state index contributed by atoms with van der Waals surface area (Å²) in [6, 6.07) is 0. The molecule has 0 unspecified atom stereocenters. The van der Waals surface area contributed by atoms with Crippen LogP contribution in [-0.2, 0) is 23.8 Å². The summed E-state index contributed by atoms with van der Waals surface area (Å²) in [7, 11) is 0. The first-order valence-corrected chi connectivity index (χ1v) is 10.1. The smallest absolute Gasteiger partial charge is 0.311 e. The molecule has 7 nitrogen and oxygen atoms in total. The molecule has 156 valence electrons. The normalized spacial score (nSPS) is 32.6. The lowest BCUT2D eigenvalue weighted by atomic mass is 10.0. The minimum Gasteiger partial charge on any atom is -0.481 e. The molecular formula is C20H34O7. The number of hydrogen-bond acceptors (Lipinski definition) is 6. The van der Waals surface area contributed by atoms with Crippen molar-refractivity contribution < 1.29 is 34.0 Å². The Bertz CT molecular complexity index is 507. The Morgan fingerprint density at radius 1 is 0.926 bits per heavy atom. The first-order valence-electron chi connectivity index (χ1n) is 10.1. The van der Waals surface area contributed by atoms with Gasteiger partial charge in [0.25, 0.3) is 0 Å². The van der Waals surface area contributed by atoms with Gasteiger partial charge in [-0.15, -0.1) is 0 Å². The highest BCUT2D eigenvalue weighted by molar-refractivity contribution is 5.73. The number of carboxylic acids is 1. The fourth-order valence-electron chi connectivity index (χ4n) is 3.96. The van der Waals surface area contributed by atoms with Gasteiger partial charge < -0.3 is 24.4 Å². The molecule has 27 heavy (non-hydrogen) atoms. The molecule has 0 saturated carbocycles. The molecule has 2 saturated heterocycles. The SMILES string of the molecule is C[C@H](O)C[C@@H]1CC[C@H]([C@H](C)C(=O)O[C@H](C)C[C@@H]2CC[C@@H]([C@H](C)C(=O)O)O2)O1. The molecule has 0 bridgehead atoms. The second-order valence-corrected chi connectivity index (χ2v) is 8.23. The summed E-state index contributed by atoms with van der Waals surface area (Å²) in [4.78, 5) is 23.5. The molecule has 2 fully saturated rings. The predicted octanol–water partition coefficient (Wildman–Crippen LogP) is 2.53. The maximum absolute atomic E-state index is 12.4. The van der Waals surface area contributed by atoms with Gasteiger partial charge in [0, 0.05) is 6.42 Å². The van der Waals surface area contributed by atoms with Crippen molar-refractivity contribution in [2.24, 2.45) is 11.8 Å². The van der Waals surface area contributed by atoms with Crippen LogP contribution in [-0.4, -0.2) is 58.8 Å². The minimum atomic E-state index is -0.848. The lowest BCUT2D eigenvalue weighted by Gasteiger charge is -2.23. The number of carboxylic acid groups (broad SMARTS) is 1. The Balaban J connectivity index is 1.73. The number of hydrogen-bond donors (Lipinski definition) is 2. The van der Waals surface area contributed by atoms with Crippen LogP contribution < -0.4 is 0 Å². The van der Waals surface area contributed by atoms with Gasteiger partial charge in [-0.1, -0.05) is 0 Å². The van der Waals surface area contributed by atoms with Gasteiger partial charge in [-0.3, -0.25) is 9.59 Å². The Morgan fingerprint density at radius 3 is 1.96 bits per heavy atom. The largest absolute Gasteiger partial charge is 0.481 e. The van der Waals surface area contributed by atoms with Crippen molar-refractivity contribution in [1.29, 1.82) is 0 Å². The Hall–Kier alpha value is -1.18. The zero-order chi connectivity index (χ0) is 20.1.